The molecule has 28 heavy (non-hydrogen) atoms. The van der Waals surface area contributed by atoms with Crippen LogP contribution in [0.1, 0.15) is 12.5 Å². The summed E-state index contributed by atoms with van der Waals surface area (Å²) in [7, 11) is 1.79. The molecule has 2 heterocycles. The molecular formula is C20H31FIN5O. The molecule has 1 atom stereocenters. The summed E-state index contributed by atoms with van der Waals surface area (Å²) in [5.41, 5.74) is 2.01. The molecular weight excluding hydrogens is 472 g/mol. The van der Waals surface area contributed by atoms with Crippen LogP contribution in [0.15, 0.2) is 29.4 Å². The maximum absolute atomic E-state index is 13.3. The highest BCUT2D eigenvalue weighted by Gasteiger charge is 2.14. The van der Waals surface area contributed by atoms with Crippen LogP contribution in [-0.4, -0.2) is 68.8 Å². The number of morpholine rings is 1. The van der Waals surface area contributed by atoms with E-state index in [2.05, 4.69) is 32.4 Å². The number of ether oxygens (including phenoxy) is 1. The zero-order chi connectivity index (χ0) is 19.1. The minimum absolute atomic E-state index is 0. The van der Waals surface area contributed by atoms with Crippen molar-refractivity contribution in [3.63, 3.8) is 0 Å². The number of nitrogens with zero attached hydrogens (tertiary/aromatic N) is 2. The Hall–Kier alpha value is -1.39. The smallest absolute Gasteiger partial charge is 0.190 e. The van der Waals surface area contributed by atoms with Gasteiger partial charge in [0.2, 0.25) is 0 Å². The molecule has 6 nitrogen and oxygen atoms in total. The SMILES string of the molecule is CN=C(NCCc1c[nH]c2cc(F)ccc12)NCC(C)CN1CCOCC1.I. The Morgan fingerprint density at radius 3 is 2.86 bits per heavy atom. The van der Waals surface area contributed by atoms with Crippen molar-refractivity contribution in [2.45, 2.75) is 13.3 Å². The summed E-state index contributed by atoms with van der Waals surface area (Å²) < 4.78 is 18.7. The number of halogens is 2. The fourth-order valence-corrected chi connectivity index (χ4v) is 3.46. The minimum atomic E-state index is -0.218. The van der Waals surface area contributed by atoms with Gasteiger partial charge >= 0.3 is 0 Å². The van der Waals surface area contributed by atoms with Crippen LogP contribution in [0.5, 0.6) is 0 Å². The Morgan fingerprint density at radius 1 is 1.32 bits per heavy atom. The zero-order valence-electron chi connectivity index (χ0n) is 16.6. The molecule has 156 valence electrons. The largest absolute Gasteiger partial charge is 0.379 e. The van der Waals surface area contributed by atoms with Gasteiger partial charge in [-0.15, -0.1) is 24.0 Å². The topological polar surface area (TPSA) is 64.7 Å². The van der Waals surface area contributed by atoms with Gasteiger partial charge in [0.15, 0.2) is 5.96 Å². The van der Waals surface area contributed by atoms with Crippen LogP contribution >= 0.6 is 24.0 Å². The molecule has 0 spiro atoms. The third kappa shape index (κ3) is 6.59. The molecule has 1 fully saturated rings. The van der Waals surface area contributed by atoms with Gasteiger partial charge in [-0.05, 0) is 36.1 Å². The number of fused-ring (bicyclic) bond motifs is 1. The molecule has 0 radical (unpaired) electrons. The fourth-order valence-electron chi connectivity index (χ4n) is 3.46. The van der Waals surface area contributed by atoms with Crippen LogP contribution in [0.25, 0.3) is 10.9 Å². The molecule has 0 amide bonds. The Labute approximate surface area is 183 Å². The fraction of sp³-hybridized carbons (Fsp3) is 0.550. The molecule has 1 aromatic heterocycles. The molecule has 1 aromatic carbocycles. The Bertz CT molecular complexity index is 760. The summed E-state index contributed by atoms with van der Waals surface area (Å²) in [5.74, 6) is 1.13. The van der Waals surface area contributed by atoms with E-state index in [-0.39, 0.29) is 29.8 Å². The van der Waals surface area contributed by atoms with Crippen LogP contribution < -0.4 is 10.6 Å². The van der Waals surface area contributed by atoms with E-state index >= 15 is 0 Å². The van der Waals surface area contributed by atoms with Crippen molar-refractivity contribution in [2.75, 3.05) is 53.0 Å². The molecule has 3 rings (SSSR count). The molecule has 1 unspecified atom stereocenters. The number of aromatic nitrogens is 1. The van der Waals surface area contributed by atoms with Gasteiger partial charge in [-0.25, -0.2) is 4.39 Å². The number of nitrogens with one attached hydrogen (secondary N) is 3. The van der Waals surface area contributed by atoms with Crippen molar-refractivity contribution < 1.29 is 9.13 Å². The Balaban J connectivity index is 0.00000280. The molecule has 1 saturated heterocycles. The molecule has 0 aliphatic carbocycles. The quantitative estimate of drug-likeness (QED) is 0.309. The van der Waals surface area contributed by atoms with E-state index in [4.69, 9.17) is 4.74 Å². The minimum Gasteiger partial charge on any atom is -0.379 e. The summed E-state index contributed by atoms with van der Waals surface area (Å²) in [4.78, 5) is 9.89. The molecule has 8 heteroatoms. The van der Waals surface area contributed by atoms with E-state index in [1.807, 2.05) is 12.3 Å². The normalized spacial score (nSPS) is 16.6. The van der Waals surface area contributed by atoms with Gasteiger partial charge in [-0.3, -0.25) is 9.89 Å². The monoisotopic (exact) mass is 503 g/mol. The number of guanidine groups is 1. The predicted octanol–water partition coefficient (Wildman–Crippen LogP) is 2.60. The summed E-state index contributed by atoms with van der Waals surface area (Å²) >= 11 is 0. The second-order valence-corrected chi connectivity index (χ2v) is 7.15. The Kier molecular flexibility index (Phi) is 9.46. The lowest BCUT2D eigenvalue weighted by atomic mass is 10.1. The summed E-state index contributed by atoms with van der Waals surface area (Å²) in [5, 5.41) is 7.84. The van der Waals surface area contributed by atoms with Crippen LogP contribution in [0, 0.1) is 11.7 Å². The number of hydrogen-bond donors (Lipinski definition) is 3. The van der Waals surface area contributed by atoms with Crippen molar-refractivity contribution in [1.82, 2.24) is 20.5 Å². The van der Waals surface area contributed by atoms with E-state index in [0.29, 0.717) is 5.92 Å². The lowest BCUT2D eigenvalue weighted by Gasteiger charge is -2.29. The van der Waals surface area contributed by atoms with Crippen LogP contribution in [0.3, 0.4) is 0 Å². The number of aliphatic imine (C=N–C) groups is 1. The van der Waals surface area contributed by atoms with E-state index in [1.54, 1.807) is 7.05 Å². The van der Waals surface area contributed by atoms with Crippen molar-refractivity contribution >= 4 is 40.8 Å². The number of rotatable bonds is 7. The molecule has 0 bridgehead atoms. The second-order valence-electron chi connectivity index (χ2n) is 7.15. The van der Waals surface area contributed by atoms with Crippen molar-refractivity contribution in [2.24, 2.45) is 10.9 Å². The lowest BCUT2D eigenvalue weighted by molar-refractivity contribution is 0.0320. The molecule has 0 saturated carbocycles. The summed E-state index contributed by atoms with van der Waals surface area (Å²) in [6.07, 6.45) is 2.79. The first kappa shape index (κ1) is 22.9. The molecule has 1 aliphatic rings. The van der Waals surface area contributed by atoms with E-state index < -0.39 is 0 Å². The summed E-state index contributed by atoms with van der Waals surface area (Å²) in [6, 6.07) is 4.86. The number of hydrogen-bond acceptors (Lipinski definition) is 3. The number of H-pyrrole nitrogens is 1. The highest BCUT2D eigenvalue weighted by atomic mass is 127. The predicted molar refractivity (Wildman–Crippen MR) is 123 cm³/mol. The molecule has 1 aliphatic heterocycles. The van der Waals surface area contributed by atoms with E-state index in [9.17, 15) is 4.39 Å². The number of benzene rings is 1. The third-order valence-corrected chi connectivity index (χ3v) is 4.93. The van der Waals surface area contributed by atoms with Gasteiger partial charge in [0.25, 0.3) is 0 Å². The first-order chi connectivity index (χ1) is 13.2. The van der Waals surface area contributed by atoms with Gasteiger partial charge in [0.05, 0.1) is 13.2 Å². The molecule has 2 aromatic rings. The average Bonchev–Trinajstić information content (AvgIpc) is 3.07. The van der Waals surface area contributed by atoms with Gasteiger partial charge in [-0.1, -0.05) is 6.92 Å². The van der Waals surface area contributed by atoms with E-state index in [0.717, 1.165) is 69.2 Å². The van der Waals surface area contributed by atoms with Gasteiger partial charge in [-0.2, -0.15) is 0 Å². The van der Waals surface area contributed by atoms with Gasteiger partial charge < -0.3 is 20.4 Å². The zero-order valence-corrected chi connectivity index (χ0v) is 19.0. The highest BCUT2D eigenvalue weighted by Crippen LogP contribution is 2.19. The standard InChI is InChI=1S/C20H30FN5O.HI/c1-15(14-26-7-9-27-10-8-26)12-25-20(22-2)23-6-5-16-13-24-19-11-17(21)3-4-18(16)19;/h3-4,11,13,15,24H,5-10,12,14H2,1-2H3,(H2,22,23,25);1H. The van der Waals surface area contributed by atoms with Crippen molar-refractivity contribution in [1.29, 1.82) is 0 Å². The maximum Gasteiger partial charge on any atom is 0.190 e. The maximum atomic E-state index is 13.3. The van der Waals surface area contributed by atoms with Crippen LogP contribution in [0.4, 0.5) is 4.39 Å². The first-order valence-electron chi connectivity index (χ1n) is 9.66. The van der Waals surface area contributed by atoms with Crippen molar-refractivity contribution in [3.05, 3.63) is 35.8 Å². The van der Waals surface area contributed by atoms with Crippen LogP contribution in [0.2, 0.25) is 0 Å². The van der Waals surface area contributed by atoms with Crippen LogP contribution in [-0.2, 0) is 11.2 Å². The third-order valence-electron chi connectivity index (χ3n) is 4.93. The highest BCUT2D eigenvalue weighted by molar-refractivity contribution is 14.0. The summed E-state index contributed by atoms with van der Waals surface area (Å²) in [6.45, 7) is 8.68. The second kappa shape index (κ2) is 11.6. The lowest BCUT2D eigenvalue weighted by Crippen LogP contribution is -2.44. The van der Waals surface area contributed by atoms with E-state index in [1.165, 1.54) is 17.7 Å². The molecule has 3 N–H and O–H groups in total. The van der Waals surface area contributed by atoms with Gasteiger partial charge in [0, 0.05) is 56.9 Å². The first-order valence-corrected chi connectivity index (χ1v) is 9.66. The van der Waals surface area contributed by atoms with Crippen molar-refractivity contribution in [3.8, 4) is 0 Å². The van der Waals surface area contributed by atoms with Gasteiger partial charge in [0.1, 0.15) is 5.82 Å². The average molecular weight is 503 g/mol. The number of aromatic amines is 1. The Morgan fingerprint density at radius 2 is 2.11 bits per heavy atom.